The molecule has 1 heterocycles. The van der Waals surface area contributed by atoms with Crippen molar-refractivity contribution in [3.63, 3.8) is 0 Å². The van der Waals surface area contributed by atoms with Gasteiger partial charge in [0.25, 0.3) is 0 Å². The second-order valence-electron chi connectivity index (χ2n) is 4.42. The highest BCUT2D eigenvalue weighted by Gasteiger charge is 2.16. The van der Waals surface area contributed by atoms with E-state index in [0.717, 1.165) is 0 Å². The number of aryl methyl sites for hydroxylation is 1. The minimum absolute atomic E-state index is 0.0677. The number of aliphatic carboxylic acids is 1. The molecule has 110 valence electrons. The molecule has 0 unspecified atom stereocenters. The Kier molecular flexibility index (Phi) is 4.61. The van der Waals surface area contributed by atoms with Gasteiger partial charge in [-0.3, -0.25) is 4.79 Å². The van der Waals surface area contributed by atoms with E-state index >= 15 is 0 Å². The summed E-state index contributed by atoms with van der Waals surface area (Å²) >= 11 is 0. The topological polar surface area (TPSA) is 88.8 Å². The van der Waals surface area contributed by atoms with Crippen LogP contribution in [0.25, 0.3) is 0 Å². The fraction of sp³-hybridized carbons (Fsp3) is 0.200. The van der Waals surface area contributed by atoms with Gasteiger partial charge in [0.05, 0.1) is 17.7 Å². The van der Waals surface area contributed by atoms with Crippen molar-refractivity contribution < 1.29 is 24.5 Å². The van der Waals surface area contributed by atoms with Crippen molar-refractivity contribution in [2.75, 3.05) is 0 Å². The van der Waals surface area contributed by atoms with Gasteiger partial charge in [-0.1, -0.05) is 18.2 Å². The summed E-state index contributed by atoms with van der Waals surface area (Å²) in [5, 5.41) is 17.9. The molecule has 0 atom stereocenters. The zero-order chi connectivity index (χ0) is 15.2. The Hall–Kier alpha value is -2.76. The van der Waals surface area contributed by atoms with Crippen molar-refractivity contribution in [1.29, 1.82) is 0 Å². The van der Waals surface area contributed by atoms with Gasteiger partial charge in [0, 0.05) is 12.7 Å². The lowest BCUT2D eigenvalue weighted by Crippen LogP contribution is -2.12. The number of hydrogen-bond acceptors (Lipinski definition) is 3. The van der Waals surface area contributed by atoms with Gasteiger partial charge in [-0.25, -0.2) is 4.79 Å². The highest BCUT2D eigenvalue weighted by molar-refractivity contribution is 5.89. The fourth-order valence-corrected chi connectivity index (χ4v) is 1.95. The standard InChI is InChI=1S/C15H15NO5/c17-14(18)7-9-16-8-6-12(15(19)20)13(16)10-21-11-4-2-1-3-5-11/h1-6,8H,7,9-10H2,(H,17,18)(H,19,20). The van der Waals surface area contributed by atoms with Crippen LogP contribution in [-0.4, -0.2) is 26.7 Å². The van der Waals surface area contributed by atoms with Gasteiger partial charge in [0.15, 0.2) is 0 Å². The Bertz CT molecular complexity index is 633. The second-order valence-corrected chi connectivity index (χ2v) is 4.42. The molecule has 6 heteroatoms. The van der Waals surface area contributed by atoms with Crippen molar-refractivity contribution in [3.8, 4) is 5.75 Å². The molecule has 6 nitrogen and oxygen atoms in total. The number of benzene rings is 1. The summed E-state index contributed by atoms with van der Waals surface area (Å²) in [5.74, 6) is -1.37. The van der Waals surface area contributed by atoms with Crippen LogP contribution < -0.4 is 4.74 Å². The van der Waals surface area contributed by atoms with Crippen LogP contribution >= 0.6 is 0 Å². The first-order valence-electron chi connectivity index (χ1n) is 6.39. The first-order valence-corrected chi connectivity index (χ1v) is 6.39. The van der Waals surface area contributed by atoms with Gasteiger partial charge in [0.2, 0.25) is 0 Å². The molecule has 0 saturated heterocycles. The number of rotatable bonds is 7. The van der Waals surface area contributed by atoms with Gasteiger partial charge >= 0.3 is 11.9 Å². The quantitative estimate of drug-likeness (QED) is 0.816. The van der Waals surface area contributed by atoms with Crippen LogP contribution in [0.2, 0.25) is 0 Å². The monoisotopic (exact) mass is 289 g/mol. The average molecular weight is 289 g/mol. The normalized spacial score (nSPS) is 10.3. The molecule has 0 aliphatic heterocycles. The van der Waals surface area contributed by atoms with Crippen LogP contribution in [0.5, 0.6) is 5.75 Å². The zero-order valence-electron chi connectivity index (χ0n) is 11.2. The van der Waals surface area contributed by atoms with Crippen molar-refractivity contribution in [3.05, 3.63) is 53.9 Å². The molecule has 0 bridgehead atoms. The number of carbonyl (C=O) groups is 2. The Labute approximate surface area is 121 Å². The summed E-state index contributed by atoms with van der Waals surface area (Å²) in [7, 11) is 0. The molecule has 0 aliphatic rings. The lowest BCUT2D eigenvalue weighted by Gasteiger charge is -2.11. The molecule has 0 amide bonds. The maximum absolute atomic E-state index is 11.2. The number of aromatic nitrogens is 1. The molecule has 21 heavy (non-hydrogen) atoms. The van der Waals surface area contributed by atoms with Crippen molar-refractivity contribution >= 4 is 11.9 Å². The Morgan fingerprint density at radius 2 is 1.81 bits per heavy atom. The molecule has 2 rings (SSSR count). The molecule has 0 saturated carbocycles. The van der Waals surface area contributed by atoms with E-state index in [9.17, 15) is 9.59 Å². The Morgan fingerprint density at radius 3 is 2.43 bits per heavy atom. The van der Waals surface area contributed by atoms with Gasteiger partial charge in [-0.05, 0) is 18.2 Å². The molecule has 0 spiro atoms. The molecular weight excluding hydrogens is 274 g/mol. The van der Waals surface area contributed by atoms with Crippen LogP contribution in [-0.2, 0) is 17.9 Å². The minimum Gasteiger partial charge on any atom is -0.487 e. The number of aromatic carboxylic acids is 1. The summed E-state index contributed by atoms with van der Waals surface area (Å²) in [4.78, 5) is 21.8. The molecular formula is C15H15NO5. The maximum atomic E-state index is 11.2. The van der Waals surface area contributed by atoms with E-state index in [0.29, 0.717) is 11.4 Å². The zero-order valence-corrected chi connectivity index (χ0v) is 11.2. The number of nitrogens with zero attached hydrogens (tertiary/aromatic N) is 1. The van der Waals surface area contributed by atoms with E-state index in [1.807, 2.05) is 18.2 Å². The number of ether oxygens (including phenoxy) is 1. The lowest BCUT2D eigenvalue weighted by atomic mass is 10.2. The van der Waals surface area contributed by atoms with Gasteiger partial charge in [-0.15, -0.1) is 0 Å². The number of para-hydroxylation sites is 1. The average Bonchev–Trinajstić information content (AvgIpc) is 2.87. The highest BCUT2D eigenvalue weighted by atomic mass is 16.5. The van der Waals surface area contributed by atoms with E-state index in [4.69, 9.17) is 14.9 Å². The number of carboxylic acid groups (broad SMARTS) is 2. The van der Waals surface area contributed by atoms with Crippen molar-refractivity contribution in [1.82, 2.24) is 4.57 Å². The van der Waals surface area contributed by atoms with Crippen molar-refractivity contribution in [2.45, 2.75) is 19.6 Å². The molecule has 0 aliphatic carbocycles. The predicted molar refractivity (Wildman–Crippen MR) is 74.4 cm³/mol. The van der Waals surface area contributed by atoms with E-state index in [2.05, 4.69) is 0 Å². The van der Waals surface area contributed by atoms with Crippen LogP contribution in [0.1, 0.15) is 22.5 Å². The van der Waals surface area contributed by atoms with Gasteiger partial charge < -0.3 is 19.5 Å². The smallest absolute Gasteiger partial charge is 0.337 e. The lowest BCUT2D eigenvalue weighted by molar-refractivity contribution is -0.137. The molecule has 0 fully saturated rings. The van der Waals surface area contributed by atoms with Crippen LogP contribution in [0.15, 0.2) is 42.6 Å². The second kappa shape index (κ2) is 6.60. The molecule has 1 aromatic carbocycles. The third-order valence-electron chi connectivity index (χ3n) is 2.99. The van der Waals surface area contributed by atoms with Gasteiger partial charge in [-0.2, -0.15) is 0 Å². The summed E-state index contributed by atoms with van der Waals surface area (Å²) in [6, 6.07) is 10.5. The molecule has 0 radical (unpaired) electrons. The summed E-state index contributed by atoms with van der Waals surface area (Å²) in [6.45, 7) is 0.272. The van der Waals surface area contributed by atoms with Crippen LogP contribution in [0.3, 0.4) is 0 Å². The SMILES string of the molecule is O=C(O)CCn1ccc(C(=O)O)c1COc1ccccc1. The third kappa shape index (κ3) is 3.85. The summed E-state index contributed by atoms with van der Waals surface area (Å²) in [6.07, 6.45) is 1.49. The summed E-state index contributed by atoms with van der Waals surface area (Å²) in [5.41, 5.74) is 0.573. The fourth-order valence-electron chi connectivity index (χ4n) is 1.95. The van der Waals surface area contributed by atoms with Crippen molar-refractivity contribution in [2.24, 2.45) is 0 Å². The molecule has 1 aromatic heterocycles. The van der Waals surface area contributed by atoms with Crippen LogP contribution in [0, 0.1) is 0 Å². The first-order chi connectivity index (χ1) is 10.1. The van der Waals surface area contributed by atoms with E-state index < -0.39 is 11.9 Å². The van der Waals surface area contributed by atoms with E-state index in [1.54, 1.807) is 22.9 Å². The Balaban J connectivity index is 2.16. The predicted octanol–water partition coefficient (Wildman–Crippen LogP) is 2.24. The number of hydrogen-bond donors (Lipinski definition) is 2. The third-order valence-corrected chi connectivity index (χ3v) is 2.99. The minimum atomic E-state index is -1.06. The Morgan fingerprint density at radius 1 is 1.10 bits per heavy atom. The van der Waals surface area contributed by atoms with Crippen LogP contribution in [0.4, 0.5) is 0 Å². The van der Waals surface area contributed by atoms with E-state index in [1.165, 1.54) is 6.07 Å². The first kappa shape index (κ1) is 14.6. The summed E-state index contributed by atoms with van der Waals surface area (Å²) < 4.78 is 7.15. The number of carboxylic acids is 2. The molecule has 2 N–H and O–H groups in total. The highest BCUT2D eigenvalue weighted by Crippen LogP contribution is 2.16. The van der Waals surface area contributed by atoms with E-state index in [-0.39, 0.29) is 25.1 Å². The molecule has 2 aromatic rings. The maximum Gasteiger partial charge on any atom is 0.337 e. The largest absolute Gasteiger partial charge is 0.487 e. The van der Waals surface area contributed by atoms with Gasteiger partial charge in [0.1, 0.15) is 12.4 Å².